The summed E-state index contributed by atoms with van der Waals surface area (Å²) in [4.78, 5) is 31.8. The van der Waals surface area contributed by atoms with Gasteiger partial charge in [0, 0.05) is 43.8 Å². The summed E-state index contributed by atoms with van der Waals surface area (Å²) < 4.78 is 0. The minimum absolute atomic E-state index is 0.0968. The largest absolute Gasteiger partial charge is 0.336 e. The number of likely N-dealkylation sites (tertiary alicyclic amines) is 1. The third kappa shape index (κ3) is 4.75. The molecule has 2 atom stereocenters. The Labute approximate surface area is 169 Å². The molecule has 3 rings (SSSR count). The molecule has 2 saturated heterocycles. The fraction of sp³-hybridized carbons (Fsp3) is 0.652. The summed E-state index contributed by atoms with van der Waals surface area (Å²) >= 11 is 0. The van der Waals surface area contributed by atoms with E-state index in [0.717, 1.165) is 31.5 Å². The smallest absolute Gasteiger partial charge is 0.253 e. The molecule has 0 spiro atoms. The number of hydrogen-bond donors (Lipinski definition) is 0. The van der Waals surface area contributed by atoms with E-state index in [4.69, 9.17) is 0 Å². The lowest BCUT2D eigenvalue weighted by Gasteiger charge is -2.41. The number of amides is 2. The van der Waals surface area contributed by atoms with Gasteiger partial charge in [0.2, 0.25) is 5.91 Å². The Morgan fingerprint density at radius 3 is 2.07 bits per heavy atom. The van der Waals surface area contributed by atoms with Crippen LogP contribution in [-0.2, 0) is 4.79 Å². The molecule has 2 fully saturated rings. The van der Waals surface area contributed by atoms with Crippen LogP contribution in [0.4, 0.5) is 0 Å². The number of hydrogen-bond acceptors (Lipinski definition) is 3. The Hall–Kier alpha value is -1.88. The summed E-state index contributed by atoms with van der Waals surface area (Å²) in [5.74, 6) is 0.805. The van der Waals surface area contributed by atoms with Crippen LogP contribution in [0, 0.1) is 0 Å². The van der Waals surface area contributed by atoms with Crippen LogP contribution in [0.2, 0.25) is 0 Å². The normalized spacial score (nSPS) is 23.9. The van der Waals surface area contributed by atoms with Crippen molar-refractivity contribution in [1.29, 1.82) is 0 Å². The molecule has 28 heavy (non-hydrogen) atoms. The summed E-state index contributed by atoms with van der Waals surface area (Å²) in [6.45, 7) is 12.0. The first-order valence-electron chi connectivity index (χ1n) is 10.8. The molecule has 2 amide bonds. The molecule has 2 aliphatic rings. The second kappa shape index (κ2) is 9.08. The molecule has 154 valence electrons. The van der Waals surface area contributed by atoms with Gasteiger partial charge in [0.25, 0.3) is 5.91 Å². The SMILES string of the molecule is CC(C)c1ccc(C(=O)N2CCN(CC(=O)N3C(C)CCCC3C)CC2)cc1. The van der Waals surface area contributed by atoms with Crippen molar-refractivity contribution in [3.8, 4) is 0 Å². The van der Waals surface area contributed by atoms with Crippen LogP contribution in [0.3, 0.4) is 0 Å². The van der Waals surface area contributed by atoms with E-state index in [1.165, 1.54) is 12.0 Å². The molecule has 0 aliphatic carbocycles. The monoisotopic (exact) mass is 385 g/mol. The van der Waals surface area contributed by atoms with Crippen LogP contribution in [-0.4, -0.2) is 71.3 Å². The first-order valence-corrected chi connectivity index (χ1v) is 10.8. The van der Waals surface area contributed by atoms with Crippen LogP contribution in [0.15, 0.2) is 24.3 Å². The lowest BCUT2D eigenvalue weighted by molar-refractivity contribution is -0.138. The summed E-state index contributed by atoms with van der Waals surface area (Å²) in [6, 6.07) is 8.65. The summed E-state index contributed by atoms with van der Waals surface area (Å²) in [5, 5.41) is 0. The van der Waals surface area contributed by atoms with Gasteiger partial charge in [-0.3, -0.25) is 14.5 Å². The zero-order valence-corrected chi connectivity index (χ0v) is 17.9. The van der Waals surface area contributed by atoms with Crippen molar-refractivity contribution in [2.24, 2.45) is 0 Å². The predicted octanol–water partition coefficient (Wildman–Crippen LogP) is 3.36. The minimum atomic E-state index is 0.0968. The minimum Gasteiger partial charge on any atom is -0.336 e. The van der Waals surface area contributed by atoms with Gasteiger partial charge in [0.15, 0.2) is 0 Å². The van der Waals surface area contributed by atoms with E-state index in [1.54, 1.807) is 0 Å². The first-order chi connectivity index (χ1) is 13.4. The fourth-order valence-corrected chi connectivity index (χ4v) is 4.49. The van der Waals surface area contributed by atoms with Crippen molar-refractivity contribution < 1.29 is 9.59 Å². The van der Waals surface area contributed by atoms with Gasteiger partial charge < -0.3 is 9.80 Å². The van der Waals surface area contributed by atoms with Gasteiger partial charge in [-0.1, -0.05) is 26.0 Å². The Kier molecular flexibility index (Phi) is 6.76. The van der Waals surface area contributed by atoms with E-state index in [1.807, 2.05) is 29.2 Å². The maximum atomic E-state index is 12.8. The molecule has 0 saturated carbocycles. The second-order valence-corrected chi connectivity index (χ2v) is 8.78. The molecule has 1 aromatic carbocycles. The van der Waals surface area contributed by atoms with Gasteiger partial charge in [-0.25, -0.2) is 0 Å². The molecular weight excluding hydrogens is 350 g/mol. The van der Waals surface area contributed by atoms with Crippen molar-refractivity contribution >= 4 is 11.8 Å². The van der Waals surface area contributed by atoms with E-state index < -0.39 is 0 Å². The number of piperidine rings is 1. The summed E-state index contributed by atoms with van der Waals surface area (Å²) in [7, 11) is 0. The Balaban J connectivity index is 1.51. The number of nitrogens with zero attached hydrogens (tertiary/aromatic N) is 3. The highest BCUT2D eigenvalue weighted by molar-refractivity contribution is 5.94. The fourth-order valence-electron chi connectivity index (χ4n) is 4.49. The molecule has 0 aromatic heterocycles. The lowest BCUT2D eigenvalue weighted by atomic mass is 9.97. The first kappa shape index (κ1) is 20.8. The molecule has 5 heteroatoms. The van der Waals surface area contributed by atoms with Crippen molar-refractivity contribution in [2.75, 3.05) is 32.7 Å². The number of rotatable bonds is 4. The zero-order valence-electron chi connectivity index (χ0n) is 17.9. The molecular formula is C23H35N3O2. The molecule has 2 aliphatic heterocycles. The average Bonchev–Trinajstić information content (AvgIpc) is 2.68. The second-order valence-electron chi connectivity index (χ2n) is 8.78. The highest BCUT2D eigenvalue weighted by Gasteiger charge is 2.31. The van der Waals surface area contributed by atoms with Crippen LogP contribution < -0.4 is 0 Å². The van der Waals surface area contributed by atoms with Crippen LogP contribution in [0.1, 0.15) is 68.8 Å². The molecule has 0 bridgehead atoms. The van der Waals surface area contributed by atoms with Gasteiger partial charge in [-0.05, 0) is 56.7 Å². The van der Waals surface area contributed by atoms with E-state index in [0.29, 0.717) is 37.6 Å². The van der Waals surface area contributed by atoms with Gasteiger partial charge in [0.05, 0.1) is 6.54 Å². The van der Waals surface area contributed by atoms with E-state index in [2.05, 4.69) is 37.5 Å². The van der Waals surface area contributed by atoms with E-state index in [9.17, 15) is 9.59 Å². The molecule has 2 heterocycles. The van der Waals surface area contributed by atoms with Gasteiger partial charge in [-0.2, -0.15) is 0 Å². The van der Waals surface area contributed by atoms with Crippen molar-refractivity contribution in [3.05, 3.63) is 35.4 Å². The number of carbonyl (C=O) groups is 2. The molecule has 0 radical (unpaired) electrons. The average molecular weight is 386 g/mol. The molecule has 5 nitrogen and oxygen atoms in total. The molecule has 2 unspecified atom stereocenters. The van der Waals surface area contributed by atoms with Gasteiger partial charge in [-0.15, -0.1) is 0 Å². The summed E-state index contributed by atoms with van der Waals surface area (Å²) in [6.07, 6.45) is 3.42. The number of piperazine rings is 1. The summed E-state index contributed by atoms with van der Waals surface area (Å²) in [5.41, 5.74) is 2.01. The molecule has 0 N–H and O–H groups in total. The Morgan fingerprint density at radius 2 is 1.54 bits per heavy atom. The predicted molar refractivity (Wildman–Crippen MR) is 112 cm³/mol. The van der Waals surface area contributed by atoms with Crippen molar-refractivity contribution in [1.82, 2.24) is 14.7 Å². The van der Waals surface area contributed by atoms with Gasteiger partial charge >= 0.3 is 0 Å². The lowest BCUT2D eigenvalue weighted by Crippen LogP contribution is -2.54. The van der Waals surface area contributed by atoms with Crippen LogP contribution in [0.25, 0.3) is 0 Å². The third-order valence-corrected chi connectivity index (χ3v) is 6.32. The van der Waals surface area contributed by atoms with Crippen molar-refractivity contribution in [2.45, 2.75) is 65.0 Å². The highest BCUT2D eigenvalue weighted by Crippen LogP contribution is 2.23. The van der Waals surface area contributed by atoms with Crippen LogP contribution >= 0.6 is 0 Å². The van der Waals surface area contributed by atoms with Crippen LogP contribution in [0.5, 0.6) is 0 Å². The van der Waals surface area contributed by atoms with Crippen molar-refractivity contribution in [3.63, 3.8) is 0 Å². The number of carbonyl (C=O) groups excluding carboxylic acids is 2. The molecule has 1 aromatic rings. The number of benzene rings is 1. The maximum Gasteiger partial charge on any atom is 0.253 e. The van der Waals surface area contributed by atoms with Gasteiger partial charge in [0.1, 0.15) is 0 Å². The Morgan fingerprint density at radius 1 is 0.964 bits per heavy atom. The zero-order chi connectivity index (χ0) is 20.3. The topological polar surface area (TPSA) is 43.9 Å². The standard InChI is InChI=1S/C23H35N3O2/c1-17(2)20-8-10-21(11-9-20)23(28)25-14-12-24(13-15-25)16-22(27)26-18(3)6-5-7-19(26)4/h8-11,17-19H,5-7,12-16H2,1-4H3. The quantitative estimate of drug-likeness (QED) is 0.798. The van der Waals surface area contributed by atoms with E-state index in [-0.39, 0.29) is 11.8 Å². The highest BCUT2D eigenvalue weighted by atomic mass is 16.2. The maximum absolute atomic E-state index is 12.8. The van der Waals surface area contributed by atoms with E-state index >= 15 is 0 Å². The Bertz CT molecular complexity index is 668. The third-order valence-electron chi connectivity index (χ3n) is 6.32.